The predicted molar refractivity (Wildman–Crippen MR) is 65.0 cm³/mol. The van der Waals surface area contributed by atoms with Gasteiger partial charge in [0.1, 0.15) is 0 Å². The summed E-state index contributed by atoms with van der Waals surface area (Å²) >= 11 is 0. The van der Waals surface area contributed by atoms with Crippen molar-refractivity contribution in [3.63, 3.8) is 0 Å². The first-order valence-electron chi connectivity index (χ1n) is 5.56. The van der Waals surface area contributed by atoms with Gasteiger partial charge in [-0.05, 0) is 50.8 Å². The van der Waals surface area contributed by atoms with E-state index in [2.05, 4.69) is 26.0 Å². The highest BCUT2D eigenvalue weighted by molar-refractivity contribution is 5.47. The Bertz CT molecular complexity index is 307. The van der Waals surface area contributed by atoms with Crippen molar-refractivity contribution in [1.82, 2.24) is 0 Å². The van der Waals surface area contributed by atoms with Crippen LogP contribution in [0.4, 0.5) is 5.69 Å². The predicted octanol–water partition coefficient (Wildman–Crippen LogP) is 2.93. The highest BCUT2D eigenvalue weighted by Gasteiger charge is 1.98. The molecule has 0 aliphatic carbocycles. The summed E-state index contributed by atoms with van der Waals surface area (Å²) in [5, 5.41) is 0. The quantitative estimate of drug-likeness (QED) is 0.595. The first-order valence-corrected chi connectivity index (χ1v) is 5.56. The standard InChI is InChI=1S/C13H21NO/c1-10(2)15-8-4-5-12-6-7-13(14)11(3)9-12/h6-7,9-10H,4-5,8,14H2,1-3H3. The topological polar surface area (TPSA) is 35.2 Å². The molecule has 0 fully saturated rings. The summed E-state index contributed by atoms with van der Waals surface area (Å²) in [6, 6.07) is 6.23. The van der Waals surface area contributed by atoms with Gasteiger partial charge in [-0.1, -0.05) is 12.1 Å². The van der Waals surface area contributed by atoms with Crippen LogP contribution in [0.3, 0.4) is 0 Å². The number of benzene rings is 1. The smallest absolute Gasteiger partial charge is 0.0518 e. The SMILES string of the molecule is Cc1cc(CCCOC(C)C)ccc1N. The van der Waals surface area contributed by atoms with Crippen LogP contribution in [0.15, 0.2) is 18.2 Å². The molecule has 0 aliphatic heterocycles. The number of nitrogens with two attached hydrogens (primary N) is 1. The van der Waals surface area contributed by atoms with E-state index in [9.17, 15) is 0 Å². The number of hydrogen-bond acceptors (Lipinski definition) is 2. The number of hydrogen-bond donors (Lipinski definition) is 1. The van der Waals surface area contributed by atoms with Crippen LogP contribution in [0.2, 0.25) is 0 Å². The van der Waals surface area contributed by atoms with Crippen molar-refractivity contribution in [3.8, 4) is 0 Å². The summed E-state index contributed by atoms with van der Waals surface area (Å²) < 4.78 is 5.49. The van der Waals surface area contributed by atoms with Crippen LogP contribution in [0, 0.1) is 6.92 Å². The van der Waals surface area contributed by atoms with Crippen molar-refractivity contribution in [3.05, 3.63) is 29.3 Å². The normalized spacial score (nSPS) is 10.9. The van der Waals surface area contributed by atoms with Crippen LogP contribution >= 0.6 is 0 Å². The Morgan fingerprint density at radius 1 is 1.33 bits per heavy atom. The minimum atomic E-state index is 0.332. The number of anilines is 1. The molecule has 1 rings (SSSR count). The Morgan fingerprint density at radius 2 is 2.07 bits per heavy atom. The second kappa shape index (κ2) is 5.76. The second-order valence-corrected chi connectivity index (χ2v) is 4.21. The van der Waals surface area contributed by atoms with Gasteiger partial charge in [-0.2, -0.15) is 0 Å². The Morgan fingerprint density at radius 3 is 2.67 bits per heavy atom. The monoisotopic (exact) mass is 207 g/mol. The third-order valence-electron chi connectivity index (χ3n) is 2.40. The van der Waals surface area contributed by atoms with E-state index in [4.69, 9.17) is 10.5 Å². The first-order chi connectivity index (χ1) is 7.09. The molecule has 84 valence electrons. The van der Waals surface area contributed by atoms with Crippen LogP contribution in [0.1, 0.15) is 31.4 Å². The zero-order chi connectivity index (χ0) is 11.3. The summed E-state index contributed by atoms with van der Waals surface area (Å²) in [7, 11) is 0. The van der Waals surface area contributed by atoms with Gasteiger partial charge in [-0.3, -0.25) is 0 Å². The van der Waals surface area contributed by atoms with E-state index in [1.165, 1.54) is 5.56 Å². The molecule has 0 saturated heterocycles. The Hall–Kier alpha value is -1.02. The molecule has 0 spiro atoms. The van der Waals surface area contributed by atoms with Crippen LogP contribution in [0.5, 0.6) is 0 Å². The third-order valence-corrected chi connectivity index (χ3v) is 2.40. The summed E-state index contributed by atoms with van der Waals surface area (Å²) in [4.78, 5) is 0. The van der Waals surface area contributed by atoms with Gasteiger partial charge in [0.05, 0.1) is 6.10 Å². The zero-order valence-corrected chi connectivity index (χ0v) is 9.92. The minimum Gasteiger partial charge on any atom is -0.399 e. The van der Waals surface area contributed by atoms with Crippen molar-refractivity contribution < 1.29 is 4.74 Å². The zero-order valence-electron chi connectivity index (χ0n) is 9.92. The molecule has 0 aromatic heterocycles. The summed E-state index contributed by atoms with van der Waals surface area (Å²) in [6.45, 7) is 7.01. The van der Waals surface area contributed by atoms with Gasteiger partial charge in [0.25, 0.3) is 0 Å². The van der Waals surface area contributed by atoms with E-state index in [0.717, 1.165) is 30.7 Å². The molecule has 0 unspecified atom stereocenters. The van der Waals surface area contributed by atoms with Crippen molar-refractivity contribution in [2.24, 2.45) is 0 Å². The number of nitrogen functional groups attached to an aromatic ring is 1. The van der Waals surface area contributed by atoms with E-state index in [-0.39, 0.29) is 0 Å². The third kappa shape index (κ3) is 4.34. The maximum absolute atomic E-state index is 5.76. The van der Waals surface area contributed by atoms with Gasteiger partial charge in [0, 0.05) is 12.3 Å². The Balaban J connectivity index is 2.35. The molecule has 0 atom stereocenters. The lowest BCUT2D eigenvalue weighted by atomic mass is 10.1. The van der Waals surface area contributed by atoms with E-state index >= 15 is 0 Å². The first kappa shape index (κ1) is 12.1. The minimum absolute atomic E-state index is 0.332. The average molecular weight is 207 g/mol. The summed E-state index contributed by atoms with van der Waals surface area (Å²) in [6.07, 6.45) is 2.47. The fourth-order valence-corrected chi connectivity index (χ4v) is 1.49. The molecule has 2 nitrogen and oxygen atoms in total. The van der Waals surface area contributed by atoms with Crippen LogP contribution in [-0.2, 0) is 11.2 Å². The lowest BCUT2D eigenvalue weighted by Gasteiger charge is -2.08. The fourth-order valence-electron chi connectivity index (χ4n) is 1.49. The molecular formula is C13H21NO. The van der Waals surface area contributed by atoms with Crippen molar-refractivity contribution in [2.75, 3.05) is 12.3 Å². The highest BCUT2D eigenvalue weighted by atomic mass is 16.5. The fraction of sp³-hybridized carbons (Fsp3) is 0.538. The van der Waals surface area contributed by atoms with E-state index in [0.29, 0.717) is 6.10 Å². The number of rotatable bonds is 5. The summed E-state index contributed by atoms with van der Waals surface area (Å²) in [5.74, 6) is 0. The maximum Gasteiger partial charge on any atom is 0.0518 e. The molecule has 0 heterocycles. The maximum atomic E-state index is 5.76. The molecule has 1 aromatic carbocycles. The van der Waals surface area contributed by atoms with Crippen molar-refractivity contribution in [2.45, 2.75) is 39.7 Å². The molecule has 15 heavy (non-hydrogen) atoms. The number of aryl methyl sites for hydroxylation is 2. The van der Waals surface area contributed by atoms with Gasteiger partial charge in [0.15, 0.2) is 0 Å². The summed E-state index contributed by atoms with van der Waals surface area (Å²) in [5.41, 5.74) is 9.14. The molecule has 0 bridgehead atoms. The number of ether oxygens (including phenoxy) is 1. The molecule has 1 aromatic rings. The highest BCUT2D eigenvalue weighted by Crippen LogP contribution is 2.13. The van der Waals surface area contributed by atoms with Gasteiger partial charge < -0.3 is 10.5 Å². The van der Waals surface area contributed by atoms with Crippen LogP contribution in [-0.4, -0.2) is 12.7 Å². The molecule has 2 heteroatoms. The molecular weight excluding hydrogens is 186 g/mol. The van der Waals surface area contributed by atoms with Crippen LogP contribution < -0.4 is 5.73 Å². The molecule has 0 amide bonds. The largest absolute Gasteiger partial charge is 0.399 e. The second-order valence-electron chi connectivity index (χ2n) is 4.21. The lowest BCUT2D eigenvalue weighted by Crippen LogP contribution is -2.04. The average Bonchev–Trinajstić information content (AvgIpc) is 2.18. The molecule has 0 radical (unpaired) electrons. The molecule has 2 N–H and O–H groups in total. The van der Waals surface area contributed by atoms with Gasteiger partial charge in [0.2, 0.25) is 0 Å². The Labute approximate surface area is 92.4 Å². The van der Waals surface area contributed by atoms with E-state index in [1.807, 2.05) is 13.0 Å². The van der Waals surface area contributed by atoms with Gasteiger partial charge in [-0.25, -0.2) is 0 Å². The van der Waals surface area contributed by atoms with Crippen LogP contribution in [0.25, 0.3) is 0 Å². The van der Waals surface area contributed by atoms with Gasteiger partial charge >= 0.3 is 0 Å². The molecule has 0 aliphatic rings. The van der Waals surface area contributed by atoms with E-state index < -0.39 is 0 Å². The van der Waals surface area contributed by atoms with Gasteiger partial charge in [-0.15, -0.1) is 0 Å². The van der Waals surface area contributed by atoms with Crippen molar-refractivity contribution in [1.29, 1.82) is 0 Å². The lowest BCUT2D eigenvalue weighted by molar-refractivity contribution is 0.0772. The Kier molecular flexibility index (Phi) is 4.63. The van der Waals surface area contributed by atoms with Crippen molar-refractivity contribution >= 4 is 5.69 Å². The van der Waals surface area contributed by atoms with E-state index in [1.54, 1.807) is 0 Å². The molecule has 0 saturated carbocycles.